The molecule has 0 fully saturated rings. The van der Waals surface area contributed by atoms with Crippen molar-refractivity contribution in [1.82, 2.24) is 0 Å². The van der Waals surface area contributed by atoms with Gasteiger partial charge in [-0.3, -0.25) is 4.79 Å². The van der Waals surface area contributed by atoms with Crippen LogP contribution in [0, 0.1) is 0 Å². The van der Waals surface area contributed by atoms with Gasteiger partial charge in [-0.25, -0.2) is 0 Å². The first kappa shape index (κ1) is 24.8. The molecule has 0 saturated carbocycles. The van der Waals surface area contributed by atoms with E-state index in [0.717, 1.165) is 0 Å². The number of hydrogen-bond donors (Lipinski definition) is 0. The van der Waals surface area contributed by atoms with Gasteiger partial charge in [0.1, 0.15) is 0 Å². The molecule has 0 radical (unpaired) electrons. The lowest BCUT2D eigenvalue weighted by molar-refractivity contribution is 0.103. The van der Waals surface area contributed by atoms with Crippen molar-refractivity contribution in [1.29, 1.82) is 0 Å². The van der Waals surface area contributed by atoms with Gasteiger partial charge in [0.15, 0.2) is 5.78 Å². The van der Waals surface area contributed by atoms with Crippen molar-refractivity contribution < 1.29 is 4.79 Å². The molecule has 1 aromatic carbocycles. The fourth-order valence-electron chi connectivity index (χ4n) is 1.27. The van der Waals surface area contributed by atoms with Crippen LogP contribution in [0.3, 0.4) is 0 Å². The number of ketones is 1. The average molecular weight is 300 g/mol. The van der Waals surface area contributed by atoms with E-state index >= 15 is 0 Å². The molecular weight excluding hydrogens is 268 g/mol. The molecule has 0 saturated heterocycles. The van der Waals surface area contributed by atoms with E-state index in [1.807, 2.05) is 78.0 Å². The summed E-state index contributed by atoms with van der Waals surface area (Å²) in [6.45, 7) is 18.7. The lowest BCUT2D eigenvalue weighted by Gasteiger charge is -2.00. The van der Waals surface area contributed by atoms with Crippen molar-refractivity contribution in [3.05, 3.63) is 85.0 Å². The Bertz CT molecular complexity index is 436. The third kappa shape index (κ3) is 12.9. The maximum atomic E-state index is 12.0. The minimum atomic E-state index is 0.0219. The van der Waals surface area contributed by atoms with E-state index in [1.165, 1.54) is 0 Å². The molecule has 0 spiro atoms. The van der Waals surface area contributed by atoms with E-state index < -0.39 is 0 Å². The van der Waals surface area contributed by atoms with Crippen molar-refractivity contribution in [2.24, 2.45) is 0 Å². The van der Waals surface area contributed by atoms with Crippen LogP contribution in [0.25, 0.3) is 0 Å². The minimum Gasteiger partial charge on any atom is -0.289 e. The predicted octanol–water partition coefficient (Wildman–Crippen LogP) is 6.80. The van der Waals surface area contributed by atoms with E-state index in [0.29, 0.717) is 11.1 Å². The van der Waals surface area contributed by atoms with E-state index in [2.05, 4.69) is 13.2 Å². The minimum absolute atomic E-state index is 0.0219. The summed E-state index contributed by atoms with van der Waals surface area (Å²) in [6.07, 6.45) is 8.72. The van der Waals surface area contributed by atoms with Crippen molar-refractivity contribution in [3.63, 3.8) is 0 Å². The zero-order valence-electron chi connectivity index (χ0n) is 15.1. The lowest BCUT2D eigenvalue weighted by Crippen LogP contribution is -2.00. The highest BCUT2D eigenvalue weighted by atomic mass is 16.1. The zero-order valence-corrected chi connectivity index (χ0v) is 15.1. The molecule has 0 amide bonds. The Labute approximate surface area is 137 Å². The van der Waals surface area contributed by atoms with Crippen LogP contribution in [0.15, 0.2) is 79.4 Å². The van der Waals surface area contributed by atoms with Crippen molar-refractivity contribution in [2.75, 3.05) is 0 Å². The third-order valence-corrected chi connectivity index (χ3v) is 1.94. The summed E-state index contributed by atoms with van der Waals surface area (Å²) >= 11 is 0. The fraction of sp³-hybridized carbons (Fsp3) is 0.286. The molecule has 1 heteroatoms. The second kappa shape index (κ2) is 21.2. The molecule has 0 heterocycles. The quantitative estimate of drug-likeness (QED) is 0.258. The van der Waals surface area contributed by atoms with Crippen LogP contribution in [0.5, 0.6) is 0 Å². The van der Waals surface area contributed by atoms with Crippen LogP contribution >= 0.6 is 0 Å². The molecule has 1 nitrogen and oxygen atoms in total. The smallest absolute Gasteiger partial charge is 0.193 e. The molecule has 0 aliphatic rings. The van der Waals surface area contributed by atoms with Gasteiger partial charge in [-0.2, -0.15) is 0 Å². The molecule has 22 heavy (non-hydrogen) atoms. The highest BCUT2D eigenvalue weighted by Crippen LogP contribution is 2.09. The summed E-state index contributed by atoms with van der Waals surface area (Å²) in [7, 11) is 0. The Morgan fingerprint density at radius 1 is 0.955 bits per heavy atom. The normalized spacial score (nSPS) is 9.09. The predicted molar refractivity (Wildman–Crippen MR) is 102 cm³/mol. The summed E-state index contributed by atoms with van der Waals surface area (Å²) in [4.78, 5) is 12.0. The van der Waals surface area contributed by atoms with Gasteiger partial charge in [0.25, 0.3) is 0 Å². The zero-order chi connectivity index (χ0) is 17.8. The van der Waals surface area contributed by atoms with Crippen molar-refractivity contribution in [3.8, 4) is 0 Å². The van der Waals surface area contributed by atoms with Gasteiger partial charge in [-0.05, 0) is 13.8 Å². The number of carbonyl (C=O) groups is 1. The Hall–Kier alpha value is -2.15. The van der Waals surface area contributed by atoms with Crippen LogP contribution in [0.4, 0.5) is 0 Å². The lowest BCUT2D eigenvalue weighted by atomic mass is 10.0. The van der Waals surface area contributed by atoms with Gasteiger partial charge in [-0.1, -0.05) is 95.0 Å². The maximum absolute atomic E-state index is 12.0. The summed E-state index contributed by atoms with van der Waals surface area (Å²) in [5, 5.41) is 0. The second-order valence-electron chi connectivity index (χ2n) is 3.46. The van der Waals surface area contributed by atoms with Crippen LogP contribution < -0.4 is 0 Å². The number of allylic oxidation sites excluding steroid dienone is 6. The van der Waals surface area contributed by atoms with Crippen molar-refractivity contribution in [2.45, 2.75) is 41.5 Å². The monoisotopic (exact) mass is 300 g/mol. The van der Waals surface area contributed by atoms with Gasteiger partial charge in [0.2, 0.25) is 0 Å². The number of carbonyl (C=O) groups excluding carboxylic acids is 1. The molecule has 1 rings (SSSR count). The van der Waals surface area contributed by atoms with Crippen LogP contribution in [0.2, 0.25) is 0 Å². The molecule has 0 aliphatic heterocycles. The van der Waals surface area contributed by atoms with Gasteiger partial charge >= 0.3 is 0 Å². The largest absolute Gasteiger partial charge is 0.289 e. The van der Waals surface area contributed by atoms with Crippen molar-refractivity contribution >= 4 is 5.78 Å². The van der Waals surface area contributed by atoms with Crippen LogP contribution in [-0.4, -0.2) is 5.78 Å². The Morgan fingerprint density at radius 2 is 1.41 bits per heavy atom. The molecule has 0 bridgehead atoms. The molecule has 122 valence electrons. The summed E-state index contributed by atoms with van der Waals surface area (Å²) in [6, 6.07) is 9.22. The Kier molecular flexibility index (Phi) is 23.9. The van der Waals surface area contributed by atoms with Gasteiger partial charge in [0, 0.05) is 11.1 Å². The van der Waals surface area contributed by atoms with E-state index in [4.69, 9.17) is 0 Å². The summed E-state index contributed by atoms with van der Waals surface area (Å²) in [5.74, 6) is 0.0219. The highest BCUT2D eigenvalue weighted by molar-refractivity contribution is 6.10. The van der Waals surface area contributed by atoms with Gasteiger partial charge in [0.05, 0.1) is 0 Å². The Balaban J connectivity index is -0.000000446. The second-order valence-corrected chi connectivity index (χ2v) is 3.46. The molecule has 1 aromatic rings. The summed E-state index contributed by atoms with van der Waals surface area (Å²) < 4.78 is 0. The topological polar surface area (TPSA) is 17.1 Å². The SMILES string of the molecule is C=C/C=C(\C=C/C)C(=O)c1ccccc1.C=CC.CC.CC. The molecule has 0 atom stereocenters. The highest BCUT2D eigenvalue weighted by Gasteiger charge is 2.07. The first-order chi connectivity index (χ1) is 10.7. The van der Waals surface area contributed by atoms with E-state index in [-0.39, 0.29) is 5.78 Å². The maximum Gasteiger partial charge on any atom is 0.193 e. The molecule has 0 unspecified atom stereocenters. The molecular formula is C21H32O. The number of rotatable bonds is 4. The Morgan fingerprint density at radius 3 is 1.77 bits per heavy atom. The van der Waals surface area contributed by atoms with Crippen LogP contribution in [-0.2, 0) is 0 Å². The first-order valence-electron chi connectivity index (χ1n) is 7.83. The van der Waals surface area contributed by atoms with E-state index in [9.17, 15) is 4.79 Å². The van der Waals surface area contributed by atoms with Crippen LogP contribution in [0.1, 0.15) is 51.9 Å². The van der Waals surface area contributed by atoms with Gasteiger partial charge < -0.3 is 0 Å². The average Bonchev–Trinajstić information content (AvgIpc) is 2.59. The first-order valence-corrected chi connectivity index (χ1v) is 7.83. The molecule has 0 aliphatic carbocycles. The van der Waals surface area contributed by atoms with E-state index in [1.54, 1.807) is 24.3 Å². The fourth-order valence-corrected chi connectivity index (χ4v) is 1.27. The van der Waals surface area contributed by atoms with Gasteiger partial charge in [-0.15, -0.1) is 6.58 Å². The number of benzene rings is 1. The third-order valence-electron chi connectivity index (χ3n) is 1.94. The molecule has 0 N–H and O–H groups in total. The number of hydrogen-bond acceptors (Lipinski definition) is 1. The standard InChI is InChI=1S/C14H14O.C3H6.2C2H6/c1-3-8-12(9-4-2)14(15)13-10-6-5-7-11-13;1-3-2;2*1-2/h3-11H,1H2,2H3;3H,1H2,2H3;2*1-2H3/b9-4-,12-8+;;;. The summed E-state index contributed by atoms with van der Waals surface area (Å²) in [5.41, 5.74) is 1.35. The molecule has 0 aromatic heterocycles. The number of Topliss-reactive ketones (excluding diaryl/α,β-unsaturated/α-hetero) is 1.